The summed E-state index contributed by atoms with van der Waals surface area (Å²) in [5.41, 5.74) is 8.63. The van der Waals surface area contributed by atoms with Crippen molar-refractivity contribution >= 4 is 17.9 Å². The molecular weight excluding hydrogens is 326 g/mol. The first-order valence-electron chi connectivity index (χ1n) is 9.08. The van der Waals surface area contributed by atoms with E-state index in [4.69, 9.17) is 15.8 Å². The highest BCUT2D eigenvalue weighted by Gasteiger charge is 2.18. The average Bonchev–Trinajstić information content (AvgIpc) is 2.66. The van der Waals surface area contributed by atoms with Crippen LogP contribution in [0.2, 0.25) is 0 Å². The summed E-state index contributed by atoms with van der Waals surface area (Å²) in [6.45, 7) is 0.921. The normalized spacial score (nSPS) is 20.2. The summed E-state index contributed by atoms with van der Waals surface area (Å²) < 4.78 is 0. The lowest BCUT2D eigenvalue weighted by atomic mass is 9.86. The third-order valence-corrected chi connectivity index (χ3v) is 4.81. The van der Waals surface area contributed by atoms with Crippen molar-refractivity contribution in [3.63, 3.8) is 0 Å². The van der Waals surface area contributed by atoms with Gasteiger partial charge in [-0.1, -0.05) is 24.3 Å². The monoisotopic (exact) mass is 351 g/mol. The zero-order chi connectivity index (χ0) is 18.4. The van der Waals surface area contributed by atoms with Crippen LogP contribution >= 0.6 is 0 Å². The van der Waals surface area contributed by atoms with Crippen LogP contribution in [-0.4, -0.2) is 28.6 Å². The van der Waals surface area contributed by atoms with Gasteiger partial charge in [-0.3, -0.25) is 0 Å². The molecule has 0 atom stereocenters. The molecule has 0 bridgehead atoms. The molecule has 0 amide bonds. The van der Waals surface area contributed by atoms with Gasteiger partial charge in [0.05, 0.1) is 5.69 Å². The Labute approximate surface area is 154 Å². The molecule has 1 saturated carbocycles. The lowest BCUT2D eigenvalue weighted by molar-refractivity contribution is -0.131. The zero-order valence-electron chi connectivity index (χ0n) is 14.8. The van der Waals surface area contributed by atoms with E-state index in [1.165, 1.54) is 12.8 Å². The smallest absolute Gasteiger partial charge is 0.328 e. The molecule has 1 aromatic carbocycles. The highest BCUT2D eigenvalue weighted by atomic mass is 16.4. The summed E-state index contributed by atoms with van der Waals surface area (Å²) >= 11 is 0. The molecule has 4 N–H and O–H groups in total. The van der Waals surface area contributed by atoms with Crippen molar-refractivity contribution in [2.24, 2.45) is 11.7 Å². The number of benzene rings is 1. The molecule has 26 heavy (non-hydrogen) atoms. The highest BCUT2D eigenvalue weighted by Crippen LogP contribution is 2.24. The van der Waals surface area contributed by atoms with Crippen LogP contribution in [0.5, 0.6) is 0 Å². The fraction of sp³-hybridized carbons (Fsp3) is 0.333. The second-order valence-corrected chi connectivity index (χ2v) is 6.87. The predicted octanol–water partition coefficient (Wildman–Crippen LogP) is 3.78. The van der Waals surface area contributed by atoms with Gasteiger partial charge in [-0.15, -0.1) is 0 Å². The number of carbonyl (C=O) groups is 1. The molecule has 1 aliphatic carbocycles. The molecule has 1 heterocycles. The number of aromatic nitrogens is 1. The number of nitrogens with zero attached hydrogens (tertiary/aromatic N) is 1. The standard InChI is InChI=1S/C21H25N3O2/c22-18-10-7-16(8-11-18)14-23-20-6-2-5-19(24-20)17-4-1-3-15(13-17)9-12-21(25)26/h1-6,9,12-13,16,18H,7-8,10-11,14,22H2,(H,23,24)(H,25,26)/b12-9+. The van der Waals surface area contributed by atoms with Crippen LogP contribution in [-0.2, 0) is 4.79 Å². The topological polar surface area (TPSA) is 88.2 Å². The summed E-state index contributed by atoms with van der Waals surface area (Å²) in [4.78, 5) is 15.4. The first-order chi connectivity index (χ1) is 12.6. The van der Waals surface area contributed by atoms with E-state index in [1.807, 2.05) is 42.5 Å². The lowest BCUT2D eigenvalue weighted by Gasteiger charge is -2.26. The van der Waals surface area contributed by atoms with Crippen LogP contribution in [0.15, 0.2) is 48.5 Å². The molecule has 2 aromatic rings. The van der Waals surface area contributed by atoms with Crippen molar-refractivity contribution in [2.45, 2.75) is 31.7 Å². The van der Waals surface area contributed by atoms with Gasteiger partial charge in [0.25, 0.3) is 0 Å². The van der Waals surface area contributed by atoms with Gasteiger partial charge in [0.2, 0.25) is 0 Å². The minimum Gasteiger partial charge on any atom is -0.478 e. The number of aliphatic carboxylic acids is 1. The van der Waals surface area contributed by atoms with E-state index in [1.54, 1.807) is 6.08 Å². The molecule has 0 saturated heterocycles. The second kappa shape index (κ2) is 8.63. The Morgan fingerprint density at radius 3 is 2.73 bits per heavy atom. The maximum atomic E-state index is 10.7. The molecular formula is C21H25N3O2. The average molecular weight is 351 g/mol. The fourth-order valence-electron chi connectivity index (χ4n) is 3.30. The maximum Gasteiger partial charge on any atom is 0.328 e. The molecule has 1 aromatic heterocycles. The van der Waals surface area contributed by atoms with Crippen molar-refractivity contribution in [3.05, 3.63) is 54.1 Å². The molecule has 3 rings (SSSR count). The maximum absolute atomic E-state index is 10.7. The second-order valence-electron chi connectivity index (χ2n) is 6.87. The number of carboxylic acid groups (broad SMARTS) is 1. The van der Waals surface area contributed by atoms with Crippen LogP contribution < -0.4 is 11.1 Å². The van der Waals surface area contributed by atoms with Gasteiger partial charge in [0, 0.05) is 24.2 Å². The molecule has 1 fully saturated rings. The third-order valence-electron chi connectivity index (χ3n) is 4.81. The quantitative estimate of drug-likeness (QED) is 0.689. The molecule has 0 unspecified atom stereocenters. The van der Waals surface area contributed by atoms with E-state index < -0.39 is 5.97 Å². The van der Waals surface area contributed by atoms with E-state index in [9.17, 15) is 4.79 Å². The first kappa shape index (κ1) is 18.1. The number of pyridine rings is 1. The predicted molar refractivity (Wildman–Crippen MR) is 105 cm³/mol. The number of rotatable bonds is 6. The summed E-state index contributed by atoms with van der Waals surface area (Å²) in [5, 5.41) is 12.2. The van der Waals surface area contributed by atoms with E-state index in [2.05, 4.69) is 5.32 Å². The van der Waals surface area contributed by atoms with Crippen LogP contribution in [0.4, 0.5) is 5.82 Å². The van der Waals surface area contributed by atoms with Crippen LogP contribution in [0.25, 0.3) is 17.3 Å². The van der Waals surface area contributed by atoms with Gasteiger partial charge >= 0.3 is 5.97 Å². The lowest BCUT2D eigenvalue weighted by Crippen LogP contribution is -2.29. The SMILES string of the molecule is NC1CCC(CNc2cccc(-c3cccc(/C=C/C(=O)O)c3)n2)CC1. The number of hydrogen-bond donors (Lipinski definition) is 3. The van der Waals surface area contributed by atoms with E-state index in [0.717, 1.165) is 48.1 Å². The van der Waals surface area contributed by atoms with Crippen LogP contribution in [0.1, 0.15) is 31.2 Å². The highest BCUT2D eigenvalue weighted by molar-refractivity contribution is 5.85. The Balaban J connectivity index is 1.67. The summed E-state index contributed by atoms with van der Waals surface area (Å²) in [6, 6.07) is 14.0. The molecule has 5 nitrogen and oxygen atoms in total. The Morgan fingerprint density at radius 1 is 1.19 bits per heavy atom. The van der Waals surface area contributed by atoms with Crippen LogP contribution in [0.3, 0.4) is 0 Å². The Kier molecular flexibility index (Phi) is 6.02. The summed E-state index contributed by atoms with van der Waals surface area (Å²) in [7, 11) is 0. The number of hydrogen-bond acceptors (Lipinski definition) is 4. The van der Waals surface area contributed by atoms with Gasteiger partial charge in [-0.25, -0.2) is 9.78 Å². The van der Waals surface area contributed by atoms with Crippen molar-refractivity contribution in [2.75, 3.05) is 11.9 Å². The minimum absolute atomic E-state index is 0.371. The Bertz CT molecular complexity index is 780. The molecule has 0 spiro atoms. The van der Waals surface area contributed by atoms with E-state index in [-0.39, 0.29) is 0 Å². The van der Waals surface area contributed by atoms with Gasteiger partial charge in [-0.05, 0) is 61.4 Å². The number of carboxylic acids is 1. The number of anilines is 1. The Morgan fingerprint density at radius 2 is 1.96 bits per heavy atom. The molecule has 5 heteroatoms. The number of nitrogens with one attached hydrogen (secondary N) is 1. The molecule has 1 aliphatic rings. The summed E-state index contributed by atoms with van der Waals surface area (Å²) in [5.74, 6) is 0.567. The Hall–Kier alpha value is -2.66. The van der Waals surface area contributed by atoms with Crippen LogP contribution in [0, 0.1) is 5.92 Å². The van der Waals surface area contributed by atoms with Gasteiger partial charge < -0.3 is 16.2 Å². The van der Waals surface area contributed by atoms with Crippen molar-refractivity contribution < 1.29 is 9.90 Å². The van der Waals surface area contributed by atoms with Gasteiger partial charge in [0.15, 0.2) is 0 Å². The van der Waals surface area contributed by atoms with Gasteiger partial charge in [-0.2, -0.15) is 0 Å². The third kappa shape index (κ3) is 5.17. The van der Waals surface area contributed by atoms with E-state index >= 15 is 0 Å². The van der Waals surface area contributed by atoms with Crippen molar-refractivity contribution in [1.82, 2.24) is 4.98 Å². The fourth-order valence-corrected chi connectivity index (χ4v) is 3.30. The largest absolute Gasteiger partial charge is 0.478 e. The van der Waals surface area contributed by atoms with Crippen molar-refractivity contribution in [1.29, 1.82) is 0 Å². The minimum atomic E-state index is -0.955. The molecule has 136 valence electrons. The van der Waals surface area contributed by atoms with Gasteiger partial charge in [0.1, 0.15) is 5.82 Å². The zero-order valence-corrected chi connectivity index (χ0v) is 14.8. The number of nitrogens with two attached hydrogens (primary N) is 1. The van der Waals surface area contributed by atoms with Crippen molar-refractivity contribution in [3.8, 4) is 11.3 Å². The molecule has 0 radical (unpaired) electrons. The first-order valence-corrected chi connectivity index (χ1v) is 9.08. The van der Waals surface area contributed by atoms with E-state index in [0.29, 0.717) is 12.0 Å². The summed E-state index contributed by atoms with van der Waals surface area (Å²) in [6.07, 6.45) is 7.28. The molecule has 0 aliphatic heterocycles.